The van der Waals surface area contributed by atoms with E-state index in [0.29, 0.717) is 5.69 Å². The minimum absolute atomic E-state index is 0.0910. The maximum Gasteiger partial charge on any atom is 0.255 e. The molecule has 0 spiro atoms. The van der Waals surface area contributed by atoms with Crippen LogP contribution in [0, 0.1) is 0 Å². The van der Waals surface area contributed by atoms with Gasteiger partial charge in [-0.15, -0.1) is 11.3 Å². The van der Waals surface area contributed by atoms with E-state index in [1.165, 1.54) is 36.6 Å². The molecule has 1 amide bonds. The molecule has 1 aromatic heterocycles. The van der Waals surface area contributed by atoms with Gasteiger partial charge in [-0.25, -0.2) is 18.1 Å². The molecule has 0 atom stereocenters. The number of carbonyl (C=O) groups is 1. The molecule has 3 rings (SSSR count). The van der Waals surface area contributed by atoms with Crippen molar-refractivity contribution in [2.45, 2.75) is 31.2 Å². The van der Waals surface area contributed by atoms with Crippen LogP contribution in [-0.2, 0) is 10.0 Å². The zero-order chi connectivity index (χ0) is 21.9. The Bertz CT molecular complexity index is 1130. The molecule has 7 nitrogen and oxygen atoms in total. The van der Waals surface area contributed by atoms with Gasteiger partial charge in [0.1, 0.15) is 15.7 Å². The summed E-state index contributed by atoms with van der Waals surface area (Å²) >= 11 is 1.53. The van der Waals surface area contributed by atoms with Gasteiger partial charge in [-0.05, 0) is 63.2 Å². The second-order valence-electron chi connectivity index (χ2n) is 7.59. The van der Waals surface area contributed by atoms with E-state index < -0.39 is 21.5 Å². The number of nitrogens with zero attached hydrogens (tertiary/aromatic N) is 1. The number of aromatic nitrogens is 1. The number of amides is 1. The molecule has 0 bridgehead atoms. The van der Waals surface area contributed by atoms with Crippen molar-refractivity contribution in [2.24, 2.45) is 0 Å². The maximum atomic E-state index is 12.8. The van der Waals surface area contributed by atoms with E-state index in [9.17, 15) is 13.2 Å². The van der Waals surface area contributed by atoms with Gasteiger partial charge in [-0.3, -0.25) is 4.79 Å². The van der Waals surface area contributed by atoms with Gasteiger partial charge in [0.15, 0.2) is 0 Å². The summed E-state index contributed by atoms with van der Waals surface area (Å²) in [7, 11) is -2.50. The fraction of sp³-hybridized carbons (Fsp3) is 0.238. The third kappa shape index (κ3) is 5.24. The summed E-state index contributed by atoms with van der Waals surface area (Å²) in [6.45, 7) is 5.22. The third-order valence-electron chi connectivity index (χ3n) is 3.98. The quantitative estimate of drug-likeness (QED) is 0.594. The number of benzene rings is 2. The lowest BCUT2D eigenvalue weighted by Crippen LogP contribution is -2.40. The Morgan fingerprint density at radius 2 is 1.80 bits per heavy atom. The number of hydrogen-bond acceptors (Lipinski definition) is 6. The molecular formula is C21H23N3O4S2. The van der Waals surface area contributed by atoms with Crippen LogP contribution in [-0.4, -0.2) is 32.0 Å². The minimum atomic E-state index is -3.88. The van der Waals surface area contributed by atoms with Gasteiger partial charge in [0.05, 0.1) is 7.11 Å². The fourth-order valence-corrected chi connectivity index (χ4v) is 5.01. The lowest BCUT2D eigenvalue weighted by Gasteiger charge is -2.21. The van der Waals surface area contributed by atoms with Crippen LogP contribution in [0.1, 0.15) is 31.1 Å². The average molecular weight is 446 g/mol. The molecule has 3 aromatic rings. The van der Waals surface area contributed by atoms with E-state index in [1.807, 2.05) is 17.5 Å². The summed E-state index contributed by atoms with van der Waals surface area (Å²) < 4.78 is 33.3. The Hall–Kier alpha value is -2.75. The Balaban J connectivity index is 1.84. The van der Waals surface area contributed by atoms with Crippen LogP contribution in [0.25, 0.3) is 10.6 Å². The minimum Gasteiger partial charge on any atom is -0.495 e. The Morgan fingerprint density at radius 3 is 2.37 bits per heavy atom. The molecule has 0 radical (unpaired) electrons. The van der Waals surface area contributed by atoms with Crippen molar-refractivity contribution in [3.05, 3.63) is 59.6 Å². The SMILES string of the molecule is COc1ccc(C(=O)Nc2ccc(-c3nccs3)cc2)cc1S(=O)(=O)NC(C)(C)C. The maximum absolute atomic E-state index is 12.8. The first-order valence-corrected chi connectivity index (χ1v) is 11.5. The summed E-state index contributed by atoms with van der Waals surface area (Å²) in [4.78, 5) is 16.9. The Labute approximate surface area is 180 Å². The van der Waals surface area contributed by atoms with E-state index in [-0.39, 0.29) is 16.2 Å². The van der Waals surface area contributed by atoms with Crippen LogP contribution in [0.4, 0.5) is 5.69 Å². The van der Waals surface area contributed by atoms with Crippen LogP contribution in [0.2, 0.25) is 0 Å². The number of sulfonamides is 1. The topological polar surface area (TPSA) is 97.4 Å². The number of nitrogens with one attached hydrogen (secondary N) is 2. The van der Waals surface area contributed by atoms with Crippen molar-refractivity contribution in [1.82, 2.24) is 9.71 Å². The van der Waals surface area contributed by atoms with E-state index in [0.717, 1.165) is 10.6 Å². The van der Waals surface area contributed by atoms with Crippen LogP contribution >= 0.6 is 11.3 Å². The Kier molecular flexibility index (Phi) is 6.25. The molecular weight excluding hydrogens is 422 g/mol. The predicted molar refractivity (Wildman–Crippen MR) is 119 cm³/mol. The van der Waals surface area contributed by atoms with Crippen LogP contribution in [0.15, 0.2) is 58.9 Å². The number of methoxy groups -OCH3 is 1. The van der Waals surface area contributed by atoms with Crippen LogP contribution in [0.3, 0.4) is 0 Å². The average Bonchev–Trinajstić information content (AvgIpc) is 3.21. The summed E-state index contributed by atoms with van der Waals surface area (Å²) in [5.41, 5.74) is 1.07. The van der Waals surface area contributed by atoms with Gasteiger partial charge >= 0.3 is 0 Å². The van der Waals surface area contributed by atoms with Gasteiger partial charge in [0, 0.05) is 33.9 Å². The molecule has 0 unspecified atom stereocenters. The lowest BCUT2D eigenvalue weighted by molar-refractivity contribution is 0.102. The van der Waals surface area contributed by atoms with E-state index in [2.05, 4.69) is 15.0 Å². The van der Waals surface area contributed by atoms with Crippen molar-refractivity contribution in [2.75, 3.05) is 12.4 Å². The normalized spacial score (nSPS) is 11.9. The second kappa shape index (κ2) is 8.55. The van der Waals surface area contributed by atoms with Crippen molar-refractivity contribution >= 4 is 33.0 Å². The molecule has 0 aliphatic carbocycles. The fourth-order valence-electron chi connectivity index (χ4n) is 2.75. The van der Waals surface area contributed by atoms with E-state index >= 15 is 0 Å². The van der Waals surface area contributed by atoms with Gasteiger partial charge in [-0.1, -0.05) is 0 Å². The van der Waals surface area contributed by atoms with Crippen LogP contribution in [0.5, 0.6) is 5.75 Å². The first-order valence-electron chi connectivity index (χ1n) is 9.12. The summed E-state index contributed by atoms with van der Waals surface area (Å²) in [5.74, 6) is -0.261. The highest BCUT2D eigenvalue weighted by atomic mass is 32.2. The molecule has 2 aromatic carbocycles. The molecule has 30 heavy (non-hydrogen) atoms. The Morgan fingerprint density at radius 1 is 1.10 bits per heavy atom. The summed E-state index contributed by atoms with van der Waals surface area (Å²) in [6.07, 6.45) is 1.74. The number of hydrogen-bond donors (Lipinski definition) is 2. The smallest absolute Gasteiger partial charge is 0.255 e. The monoisotopic (exact) mass is 445 g/mol. The molecule has 0 saturated carbocycles. The largest absolute Gasteiger partial charge is 0.495 e. The second-order valence-corrected chi connectivity index (χ2v) is 10.1. The first-order chi connectivity index (χ1) is 14.1. The first kappa shape index (κ1) is 21.9. The highest BCUT2D eigenvalue weighted by Gasteiger charge is 2.26. The summed E-state index contributed by atoms with van der Waals surface area (Å²) in [5, 5.41) is 5.57. The van der Waals surface area contributed by atoms with Crippen LogP contribution < -0.4 is 14.8 Å². The highest BCUT2D eigenvalue weighted by molar-refractivity contribution is 7.89. The van der Waals surface area contributed by atoms with Gasteiger partial charge < -0.3 is 10.1 Å². The summed E-state index contributed by atoms with van der Waals surface area (Å²) in [6, 6.07) is 11.6. The molecule has 0 aliphatic heterocycles. The molecule has 9 heteroatoms. The molecule has 2 N–H and O–H groups in total. The van der Waals surface area contributed by atoms with Gasteiger partial charge in [0.25, 0.3) is 5.91 Å². The zero-order valence-corrected chi connectivity index (χ0v) is 18.7. The standard InChI is InChI=1S/C21H23N3O4S2/c1-21(2,3)24-30(26,27)18-13-15(7-10-17(18)28-4)19(25)23-16-8-5-14(6-9-16)20-22-11-12-29-20/h5-13,24H,1-4H3,(H,23,25). The van der Waals surface area contributed by atoms with Crippen molar-refractivity contribution in [3.63, 3.8) is 0 Å². The number of thiazole rings is 1. The number of ether oxygens (including phenoxy) is 1. The van der Waals surface area contributed by atoms with Crippen molar-refractivity contribution in [3.8, 4) is 16.3 Å². The van der Waals surface area contributed by atoms with Gasteiger partial charge in [0.2, 0.25) is 10.0 Å². The number of carbonyl (C=O) groups excluding carboxylic acids is 1. The van der Waals surface area contributed by atoms with E-state index in [1.54, 1.807) is 39.1 Å². The number of anilines is 1. The van der Waals surface area contributed by atoms with Crippen molar-refractivity contribution < 1.29 is 17.9 Å². The lowest BCUT2D eigenvalue weighted by atomic mass is 10.1. The molecule has 1 heterocycles. The molecule has 0 aliphatic rings. The highest BCUT2D eigenvalue weighted by Crippen LogP contribution is 2.27. The van der Waals surface area contributed by atoms with Crippen molar-refractivity contribution in [1.29, 1.82) is 0 Å². The molecule has 158 valence electrons. The molecule has 0 saturated heterocycles. The third-order valence-corrected chi connectivity index (χ3v) is 6.58. The molecule has 0 fully saturated rings. The predicted octanol–water partition coefficient (Wildman–Crippen LogP) is 4.15. The number of rotatable bonds is 6. The van der Waals surface area contributed by atoms with E-state index in [4.69, 9.17) is 4.74 Å². The van der Waals surface area contributed by atoms with Gasteiger partial charge in [-0.2, -0.15) is 0 Å². The zero-order valence-electron chi connectivity index (χ0n) is 17.1.